The highest BCUT2D eigenvalue weighted by atomic mass is 16.2. The normalized spacial score (nSPS) is 21.6. The molecule has 3 amide bonds. The smallest absolute Gasteiger partial charge is 0.323 e. The fourth-order valence-electron chi connectivity index (χ4n) is 4.45. The fraction of sp³-hybridized carbons (Fsp3) is 0.217. The molecule has 1 spiro atoms. The van der Waals surface area contributed by atoms with E-state index in [1.165, 1.54) is 10.5 Å². The molecule has 134 valence electrons. The topological polar surface area (TPSA) is 49.4 Å². The van der Waals surface area contributed by atoms with Crippen LogP contribution in [0.4, 0.5) is 4.79 Å². The molecule has 1 aliphatic carbocycles. The van der Waals surface area contributed by atoms with Crippen molar-refractivity contribution in [3.05, 3.63) is 83.4 Å². The van der Waals surface area contributed by atoms with Crippen LogP contribution < -0.4 is 5.32 Å². The first-order valence-electron chi connectivity index (χ1n) is 9.34. The van der Waals surface area contributed by atoms with Gasteiger partial charge >= 0.3 is 6.03 Å². The molecule has 3 aromatic rings. The van der Waals surface area contributed by atoms with Crippen LogP contribution in [0.25, 0.3) is 10.8 Å². The average Bonchev–Trinajstić information content (AvgIpc) is 2.92. The molecule has 1 N–H and O–H groups in total. The fourth-order valence-corrected chi connectivity index (χ4v) is 4.45. The van der Waals surface area contributed by atoms with E-state index in [1.54, 1.807) is 0 Å². The van der Waals surface area contributed by atoms with Crippen LogP contribution in [0.15, 0.2) is 66.7 Å². The second kappa shape index (κ2) is 5.95. The lowest BCUT2D eigenvalue weighted by Gasteiger charge is -2.32. The van der Waals surface area contributed by atoms with Crippen LogP contribution in [0.1, 0.15) is 23.1 Å². The van der Waals surface area contributed by atoms with Gasteiger partial charge in [-0.1, -0.05) is 66.7 Å². The van der Waals surface area contributed by atoms with E-state index in [9.17, 15) is 9.59 Å². The third-order valence-electron chi connectivity index (χ3n) is 5.89. The van der Waals surface area contributed by atoms with Gasteiger partial charge in [-0.25, -0.2) is 4.79 Å². The van der Waals surface area contributed by atoms with Gasteiger partial charge in [-0.15, -0.1) is 0 Å². The number of amides is 3. The summed E-state index contributed by atoms with van der Waals surface area (Å²) in [4.78, 5) is 27.4. The Labute approximate surface area is 157 Å². The number of aryl methyl sites for hydroxylation is 1. The third kappa shape index (κ3) is 2.52. The Morgan fingerprint density at radius 2 is 1.63 bits per heavy atom. The largest absolute Gasteiger partial charge is 0.325 e. The molecule has 0 unspecified atom stereocenters. The van der Waals surface area contributed by atoms with Gasteiger partial charge in [0.05, 0.1) is 6.54 Å². The van der Waals surface area contributed by atoms with E-state index in [0.29, 0.717) is 19.4 Å². The number of urea groups is 1. The number of hydrogen-bond acceptors (Lipinski definition) is 2. The van der Waals surface area contributed by atoms with Gasteiger partial charge in [0.2, 0.25) is 0 Å². The molecule has 4 heteroatoms. The molecule has 1 aliphatic heterocycles. The van der Waals surface area contributed by atoms with E-state index in [-0.39, 0.29) is 11.9 Å². The van der Waals surface area contributed by atoms with Gasteiger partial charge in [0.1, 0.15) is 5.54 Å². The summed E-state index contributed by atoms with van der Waals surface area (Å²) in [6.07, 6.45) is 2.03. The van der Waals surface area contributed by atoms with Crippen LogP contribution in [0, 0.1) is 0 Å². The second-order valence-electron chi connectivity index (χ2n) is 7.49. The lowest BCUT2D eigenvalue weighted by molar-refractivity contribution is -0.132. The summed E-state index contributed by atoms with van der Waals surface area (Å²) in [7, 11) is 0. The van der Waals surface area contributed by atoms with Gasteiger partial charge in [-0.2, -0.15) is 0 Å². The molecule has 3 aromatic carbocycles. The average molecular weight is 356 g/mol. The van der Waals surface area contributed by atoms with Gasteiger partial charge in [-0.05, 0) is 40.3 Å². The highest BCUT2D eigenvalue weighted by molar-refractivity contribution is 6.07. The van der Waals surface area contributed by atoms with Crippen molar-refractivity contribution < 1.29 is 9.59 Å². The number of nitrogens with one attached hydrogen (secondary N) is 1. The zero-order chi connectivity index (χ0) is 18.4. The van der Waals surface area contributed by atoms with Crippen LogP contribution in [0.2, 0.25) is 0 Å². The standard InChI is InChI=1S/C23H20N2O2/c26-21-23(13-12-16-6-1-2-8-18(16)14-23)24-22(27)25(21)15-19-10-5-9-17-7-3-4-11-20(17)19/h1-11H,12-15H2,(H,24,27)/t23-/m0/s1. The first kappa shape index (κ1) is 16.1. The first-order chi connectivity index (χ1) is 13.2. The molecular weight excluding hydrogens is 336 g/mol. The molecule has 1 saturated heterocycles. The molecular formula is C23H20N2O2. The molecule has 5 rings (SSSR count). The van der Waals surface area contributed by atoms with E-state index in [2.05, 4.69) is 17.4 Å². The minimum atomic E-state index is -0.796. The van der Waals surface area contributed by atoms with Crippen molar-refractivity contribution in [2.75, 3.05) is 0 Å². The molecule has 0 bridgehead atoms. The van der Waals surface area contributed by atoms with Crippen molar-refractivity contribution in [1.29, 1.82) is 0 Å². The summed E-state index contributed by atoms with van der Waals surface area (Å²) in [5.41, 5.74) is 2.63. The molecule has 0 radical (unpaired) electrons. The maximum atomic E-state index is 13.3. The zero-order valence-electron chi connectivity index (χ0n) is 14.9. The van der Waals surface area contributed by atoms with Crippen LogP contribution in [0.5, 0.6) is 0 Å². The zero-order valence-corrected chi connectivity index (χ0v) is 14.9. The van der Waals surface area contributed by atoms with Crippen LogP contribution >= 0.6 is 0 Å². The Kier molecular flexibility index (Phi) is 3.54. The Morgan fingerprint density at radius 1 is 0.889 bits per heavy atom. The highest BCUT2D eigenvalue weighted by Gasteiger charge is 2.52. The lowest BCUT2D eigenvalue weighted by Crippen LogP contribution is -2.51. The van der Waals surface area contributed by atoms with Crippen molar-refractivity contribution >= 4 is 22.7 Å². The number of imide groups is 1. The van der Waals surface area contributed by atoms with Crippen molar-refractivity contribution in [2.24, 2.45) is 0 Å². The second-order valence-corrected chi connectivity index (χ2v) is 7.49. The first-order valence-corrected chi connectivity index (χ1v) is 9.34. The van der Waals surface area contributed by atoms with Crippen LogP contribution in [0.3, 0.4) is 0 Å². The predicted molar refractivity (Wildman–Crippen MR) is 104 cm³/mol. The summed E-state index contributed by atoms with van der Waals surface area (Å²) in [6, 6.07) is 22.0. The monoisotopic (exact) mass is 356 g/mol. The molecule has 4 nitrogen and oxygen atoms in total. The molecule has 1 atom stereocenters. The maximum Gasteiger partial charge on any atom is 0.325 e. The summed E-state index contributed by atoms with van der Waals surface area (Å²) in [6.45, 7) is 0.301. The summed E-state index contributed by atoms with van der Waals surface area (Å²) in [5.74, 6) is -0.102. The Bertz CT molecular complexity index is 1070. The van der Waals surface area contributed by atoms with Gasteiger partial charge < -0.3 is 5.32 Å². The van der Waals surface area contributed by atoms with Crippen LogP contribution in [-0.2, 0) is 24.2 Å². The van der Waals surface area contributed by atoms with Crippen molar-refractivity contribution in [1.82, 2.24) is 10.2 Å². The lowest BCUT2D eigenvalue weighted by atomic mass is 9.78. The SMILES string of the molecule is O=C1N[C@]2(CCc3ccccc3C2)C(=O)N1Cc1cccc2ccccc12. The van der Waals surface area contributed by atoms with Gasteiger partial charge in [0.15, 0.2) is 0 Å². The van der Waals surface area contributed by atoms with E-state index < -0.39 is 5.54 Å². The van der Waals surface area contributed by atoms with Crippen molar-refractivity contribution in [2.45, 2.75) is 31.3 Å². The quantitative estimate of drug-likeness (QED) is 0.710. The maximum absolute atomic E-state index is 13.3. The van der Waals surface area contributed by atoms with Gasteiger partial charge in [0.25, 0.3) is 5.91 Å². The number of carbonyl (C=O) groups is 2. The van der Waals surface area contributed by atoms with Crippen LogP contribution in [-0.4, -0.2) is 22.4 Å². The van der Waals surface area contributed by atoms with Crippen molar-refractivity contribution in [3.8, 4) is 0 Å². The Morgan fingerprint density at radius 3 is 2.52 bits per heavy atom. The summed E-state index contributed by atoms with van der Waals surface area (Å²) < 4.78 is 0. The number of hydrogen-bond donors (Lipinski definition) is 1. The Balaban J connectivity index is 1.47. The number of rotatable bonds is 2. The minimum Gasteiger partial charge on any atom is -0.323 e. The van der Waals surface area contributed by atoms with Crippen molar-refractivity contribution in [3.63, 3.8) is 0 Å². The molecule has 2 aliphatic rings. The number of benzene rings is 3. The number of fused-ring (bicyclic) bond motifs is 2. The van der Waals surface area contributed by atoms with Gasteiger partial charge in [-0.3, -0.25) is 9.69 Å². The van der Waals surface area contributed by atoms with E-state index >= 15 is 0 Å². The summed E-state index contributed by atoms with van der Waals surface area (Å²) >= 11 is 0. The van der Waals surface area contributed by atoms with E-state index in [1.807, 2.05) is 54.6 Å². The van der Waals surface area contributed by atoms with E-state index in [4.69, 9.17) is 0 Å². The molecule has 1 fully saturated rings. The number of carbonyl (C=O) groups excluding carboxylic acids is 2. The molecule has 27 heavy (non-hydrogen) atoms. The highest BCUT2D eigenvalue weighted by Crippen LogP contribution is 2.34. The Hall–Kier alpha value is -3.14. The summed E-state index contributed by atoms with van der Waals surface area (Å²) in [5, 5.41) is 5.21. The number of nitrogens with zero attached hydrogens (tertiary/aromatic N) is 1. The minimum absolute atomic E-state index is 0.102. The predicted octanol–water partition coefficient (Wildman–Crippen LogP) is 3.82. The molecule has 0 aromatic heterocycles. The van der Waals surface area contributed by atoms with E-state index in [0.717, 1.165) is 28.3 Å². The van der Waals surface area contributed by atoms with Gasteiger partial charge in [0, 0.05) is 6.42 Å². The molecule has 1 heterocycles. The third-order valence-corrected chi connectivity index (χ3v) is 5.89. The molecule has 0 saturated carbocycles.